The molecule has 0 fully saturated rings. The van der Waals surface area contributed by atoms with Gasteiger partial charge in [0.25, 0.3) is 0 Å². The number of benzene rings is 1. The minimum absolute atomic E-state index is 0.0709. The largest absolute Gasteiger partial charge is 0.476 e. The van der Waals surface area contributed by atoms with Crippen molar-refractivity contribution in [3.63, 3.8) is 0 Å². The predicted molar refractivity (Wildman–Crippen MR) is 59.6 cm³/mol. The molecular formula is C12H10FNO4. The molecule has 0 spiro atoms. The molecule has 1 N–H and O–H groups in total. The van der Waals surface area contributed by atoms with E-state index in [1.54, 1.807) is 0 Å². The van der Waals surface area contributed by atoms with Crippen LogP contribution in [0.2, 0.25) is 0 Å². The first kappa shape index (κ1) is 12.3. The molecule has 0 saturated carbocycles. The number of hydrogen-bond donors (Lipinski definition) is 1. The Balaban J connectivity index is 2.47. The Morgan fingerprint density at radius 3 is 2.67 bits per heavy atom. The third kappa shape index (κ3) is 2.38. The highest BCUT2D eigenvalue weighted by molar-refractivity contribution is 5.92. The Morgan fingerprint density at radius 2 is 2.11 bits per heavy atom. The minimum atomic E-state index is -1.21. The lowest BCUT2D eigenvalue weighted by atomic mass is 10.1. The molecule has 0 aliphatic carbocycles. The van der Waals surface area contributed by atoms with Gasteiger partial charge in [0.2, 0.25) is 5.89 Å². The minimum Gasteiger partial charge on any atom is -0.476 e. The highest BCUT2D eigenvalue weighted by atomic mass is 19.1. The smallest absolute Gasteiger partial charge is 0.358 e. The van der Waals surface area contributed by atoms with Crippen molar-refractivity contribution in [1.82, 2.24) is 4.98 Å². The van der Waals surface area contributed by atoms with Gasteiger partial charge in [0, 0.05) is 12.7 Å². The molecule has 1 aromatic carbocycles. The van der Waals surface area contributed by atoms with Gasteiger partial charge in [-0.05, 0) is 24.3 Å². The van der Waals surface area contributed by atoms with Gasteiger partial charge in [0.1, 0.15) is 12.4 Å². The maximum atomic E-state index is 12.8. The Morgan fingerprint density at radius 1 is 1.44 bits per heavy atom. The van der Waals surface area contributed by atoms with Gasteiger partial charge in [-0.1, -0.05) is 0 Å². The Kier molecular flexibility index (Phi) is 3.38. The molecule has 0 aliphatic rings. The van der Waals surface area contributed by atoms with E-state index >= 15 is 0 Å². The molecule has 0 atom stereocenters. The zero-order chi connectivity index (χ0) is 13.1. The molecule has 2 aromatic rings. The maximum absolute atomic E-state index is 12.8. The second-order valence-corrected chi connectivity index (χ2v) is 3.53. The summed E-state index contributed by atoms with van der Waals surface area (Å²) in [5, 5.41) is 9.03. The first-order chi connectivity index (χ1) is 8.61. The van der Waals surface area contributed by atoms with Crippen molar-refractivity contribution in [2.75, 3.05) is 7.11 Å². The fraction of sp³-hybridized carbons (Fsp3) is 0.167. The molecule has 0 bridgehead atoms. The van der Waals surface area contributed by atoms with Gasteiger partial charge in [0.15, 0.2) is 11.5 Å². The quantitative estimate of drug-likeness (QED) is 0.902. The van der Waals surface area contributed by atoms with E-state index in [1.807, 2.05) is 0 Å². The van der Waals surface area contributed by atoms with E-state index < -0.39 is 11.8 Å². The van der Waals surface area contributed by atoms with Crippen molar-refractivity contribution in [3.8, 4) is 11.3 Å². The van der Waals surface area contributed by atoms with Gasteiger partial charge in [0.05, 0.1) is 0 Å². The number of carboxylic acids is 1. The van der Waals surface area contributed by atoms with E-state index in [2.05, 4.69) is 4.98 Å². The van der Waals surface area contributed by atoms with E-state index in [0.29, 0.717) is 5.56 Å². The molecule has 1 heterocycles. The summed E-state index contributed by atoms with van der Waals surface area (Å²) in [5.74, 6) is -1.36. The fourth-order valence-corrected chi connectivity index (χ4v) is 1.49. The second-order valence-electron chi connectivity index (χ2n) is 3.53. The highest BCUT2D eigenvalue weighted by Crippen LogP contribution is 2.25. The molecule has 6 heteroatoms. The number of ether oxygens (including phenoxy) is 1. The van der Waals surface area contributed by atoms with Gasteiger partial charge in [-0.2, -0.15) is 0 Å². The number of carboxylic acid groups (broad SMARTS) is 1. The average Bonchev–Trinajstić information content (AvgIpc) is 2.75. The normalized spacial score (nSPS) is 10.6. The lowest BCUT2D eigenvalue weighted by Gasteiger charge is -1.97. The van der Waals surface area contributed by atoms with Crippen LogP contribution in [-0.4, -0.2) is 23.2 Å². The van der Waals surface area contributed by atoms with E-state index in [-0.39, 0.29) is 24.0 Å². The van der Waals surface area contributed by atoms with Gasteiger partial charge < -0.3 is 14.3 Å². The third-order valence-electron chi connectivity index (χ3n) is 2.25. The predicted octanol–water partition coefficient (Wildman–Crippen LogP) is 2.33. The number of aromatic nitrogens is 1. The van der Waals surface area contributed by atoms with Gasteiger partial charge in [-0.25, -0.2) is 14.2 Å². The topological polar surface area (TPSA) is 72.6 Å². The van der Waals surface area contributed by atoms with Crippen LogP contribution in [0.25, 0.3) is 11.3 Å². The molecule has 0 unspecified atom stereocenters. The molecule has 94 valence electrons. The molecular weight excluding hydrogens is 241 g/mol. The zero-order valence-corrected chi connectivity index (χ0v) is 9.51. The third-order valence-corrected chi connectivity index (χ3v) is 2.25. The van der Waals surface area contributed by atoms with Crippen LogP contribution in [0.1, 0.15) is 16.4 Å². The van der Waals surface area contributed by atoms with Crippen molar-refractivity contribution < 1.29 is 23.4 Å². The van der Waals surface area contributed by atoms with Crippen molar-refractivity contribution in [2.24, 2.45) is 0 Å². The molecule has 1 aromatic heterocycles. The summed E-state index contributed by atoms with van der Waals surface area (Å²) >= 11 is 0. The number of carbonyl (C=O) groups is 1. The highest BCUT2D eigenvalue weighted by Gasteiger charge is 2.20. The van der Waals surface area contributed by atoms with E-state index in [4.69, 9.17) is 14.3 Å². The summed E-state index contributed by atoms with van der Waals surface area (Å²) in [6, 6.07) is 5.30. The van der Waals surface area contributed by atoms with E-state index in [1.165, 1.54) is 31.4 Å². The molecule has 0 aliphatic heterocycles. The Labute approximate surface area is 102 Å². The van der Waals surface area contributed by atoms with Crippen LogP contribution >= 0.6 is 0 Å². The summed E-state index contributed by atoms with van der Waals surface area (Å²) in [6.07, 6.45) is 0. The summed E-state index contributed by atoms with van der Waals surface area (Å²) in [5.41, 5.74) is 0.234. The zero-order valence-electron chi connectivity index (χ0n) is 9.51. The first-order valence-corrected chi connectivity index (χ1v) is 5.09. The summed E-state index contributed by atoms with van der Waals surface area (Å²) in [4.78, 5) is 14.9. The van der Waals surface area contributed by atoms with Crippen LogP contribution < -0.4 is 0 Å². The second kappa shape index (κ2) is 4.97. The molecule has 2 rings (SSSR count). The van der Waals surface area contributed by atoms with Gasteiger partial charge in [-0.3, -0.25) is 0 Å². The lowest BCUT2D eigenvalue weighted by Crippen LogP contribution is -1.99. The Bertz CT molecular complexity index is 562. The van der Waals surface area contributed by atoms with Crippen LogP contribution in [0.5, 0.6) is 0 Å². The van der Waals surface area contributed by atoms with E-state index in [0.717, 1.165) is 0 Å². The van der Waals surface area contributed by atoms with Crippen molar-refractivity contribution in [3.05, 3.63) is 41.7 Å². The number of nitrogens with zero attached hydrogens (tertiary/aromatic N) is 1. The number of rotatable bonds is 4. The van der Waals surface area contributed by atoms with Crippen molar-refractivity contribution in [1.29, 1.82) is 0 Å². The van der Waals surface area contributed by atoms with Crippen LogP contribution in [0.4, 0.5) is 4.39 Å². The summed E-state index contributed by atoms with van der Waals surface area (Å²) < 4.78 is 22.9. The van der Waals surface area contributed by atoms with Crippen LogP contribution in [-0.2, 0) is 11.3 Å². The number of methoxy groups -OCH3 is 1. The fourth-order valence-electron chi connectivity index (χ4n) is 1.49. The number of aromatic carboxylic acids is 1. The number of halogens is 1. The average molecular weight is 251 g/mol. The molecule has 0 saturated heterocycles. The number of hydrogen-bond acceptors (Lipinski definition) is 4. The van der Waals surface area contributed by atoms with Gasteiger partial charge >= 0.3 is 5.97 Å². The van der Waals surface area contributed by atoms with Crippen LogP contribution in [0.3, 0.4) is 0 Å². The molecule has 0 radical (unpaired) electrons. The van der Waals surface area contributed by atoms with Gasteiger partial charge in [-0.15, -0.1) is 0 Å². The monoisotopic (exact) mass is 251 g/mol. The lowest BCUT2D eigenvalue weighted by molar-refractivity contribution is 0.0691. The Hall–Kier alpha value is -2.21. The maximum Gasteiger partial charge on any atom is 0.358 e. The molecule has 18 heavy (non-hydrogen) atoms. The van der Waals surface area contributed by atoms with Crippen LogP contribution in [0.15, 0.2) is 28.7 Å². The molecule has 0 amide bonds. The molecule has 5 nitrogen and oxygen atoms in total. The van der Waals surface area contributed by atoms with E-state index in [9.17, 15) is 9.18 Å². The number of oxazole rings is 1. The van der Waals surface area contributed by atoms with Crippen molar-refractivity contribution in [2.45, 2.75) is 6.61 Å². The van der Waals surface area contributed by atoms with Crippen LogP contribution in [0, 0.1) is 5.82 Å². The standard InChI is InChI=1S/C12H10FNO4/c1-17-6-9-14-10(12(15)16)11(18-9)7-2-4-8(13)5-3-7/h2-5H,6H2,1H3,(H,15,16). The summed E-state index contributed by atoms with van der Waals surface area (Å²) in [7, 11) is 1.45. The SMILES string of the molecule is COCc1nc(C(=O)O)c(-c2ccc(F)cc2)o1. The van der Waals surface area contributed by atoms with Crippen molar-refractivity contribution >= 4 is 5.97 Å². The summed E-state index contributed by atoms with van der Waals surface area (Å²) in [6.45, 7) is 0.0709. The first-order valence-electron chi connectivity index (χ1n) is 5.09.